The molecule has 0 aromatic carbocycles. The molecule has 0 amide bonds. The monoisotopic (exact) mass is 332 g/mol. The highest BCUT2D eigenvalue weighted by atomic mass is 127. The number of rotatable bonds is 2. The Morgan fingerprint density at radius 2 is 2.31 bits per heavy atom. The minimum atomic E-state index is 0.638. The standard InChI is InChI=1S/C11H17IN4/c1-15(2)9-4-3-5-16(7-9)11-10(12)6-13-8-14-11/h6,8-9H,3-5,7H2,1-2H3. The van der Waals surface area contributed by atoms with Gasteiger partial charge in [0.1, 0.15) is 12.1 Å². The van der Waals surface area contributed by atoms with E-state index in [1.54, 1.807) is 6.33 Å². The second-order valence-corrected chi connectivity index (χ2v) is 5.56. The number of hydrogen-bond donors (Lipinski definition) is 0. The normalized spacial score (nSPS) is 21.5. The molecule has 2 heterocycles. The van der Waals surface area contributed by atoms with Gasteiger partial charge in [0.25, 0.3) is 0 Å². The molecule has 0 bridgehead atoms. The Bertz CT molecular complexity index is 356. The maximum Gasteiger partial charge on any atom is 0.145 e. The van der Waals surface area contributed by atoms with Crippen molar-refractivity contribution in [1.82, 2.24) is 14.9 Å². The van der Waals surface area contributed by atoms with Gasteiger partial charge in [-0.15, -0.1) is 0 Å². The first-order chi connectivity index (χ1) is 7.68. The predicted molar refractivity (Wildman–Crippen MR) is 73.7 cm³/mol. The molecule has 4 nitrogen and oxygen atoms in total. The molecule has 0 saturated carbocycles. The summed E-state index contributed by atoms with van der Waals surface area (Å²) in [6.07, 6.45) is 6.03. The van der Waals surface area contributed by atoms with Crippen LogP contribution in [0.15, 0.2) is 12.5 Å². The van der Waals surface area contributed by atoms with Crippen LogP contribution >= 0.6 is 22.6 Å². The quantitative estimate of drug-likeness (QED) is 0.771. The van der Waals surface area contributed by atoms with E-state index in [1.807, 2.05) is 6.20 Å². The van der Waals surface area contributed by atoms with Gasteiger partial charge < -0.3 is 9.80 Å². The van der Waals surface area contributed by atoms with Crippen molar-refractivity contribution in [3.63, 3.8) is 0 Å². The first kappa shape index (κ1) is 12.0. The van der Waals surface area contributed by atoms with E-state index in [2.05, 4.69) is 56.5 Å². The van der Waals surface area contributed by atoms with Gasteiger partial charge in [0.2, 0.25) is 0 Å². The van der Waals surface area contributed by atoms with Crippen LogP contribution in [0.25, 0.3) is 0 Å². The Balaban J connectivity index is 2.13. The van der Waals surface area contributed by atoms with E-state index in [-0.39, 0.29) is 0 Å². The lowest BCUT2D eigenvalue weighted by atomic mass is 10.1. The molecule has 2 rings (SSSR count). The number of aromatic nitrogens is 2. The van der Waals surface area contributed by atoms with Crippen molar-refractivity contribution < 1.29 is 0 Å². The molecule has 1 aliphatic heterocycles. The first-order valence-corrected chi connectivity index (χ1v) is 6.63. The van der Waals surface area contributed by atoms with E-state index in [0.717, 1.165) is 22.5 Å². The Morgan fingerprint density at radius 1 is 1.50 bits per heavy atom. The first-order valence-electron chi connectivity index (χ1n) is 5.55. The molecule has 88 valence electrons. The topological polar surface area (TPSA) is 32.3 Å². The average Bonchev–Trinajstić information content (AvgIpc) is 2.30. The summed E-state index contributed by atoms with van der Waals surface area (Å²) >= 11 is 2.31. The van der Waals surface area contributed by atoms with Gasteiger partial charge >= 0.3 is 0 Å². The molecule has 1 unspecified atom stereocenters. The molecule has 1 aliphatic rings. The molecule has 0 spiro atoms. The fourth-order valence-corrected chi connectivity index (χ4v) is 2.75. The maximum atomic E-state index is 4.38. The van der Waals surface area contributed by atoms with Crippen molar-refractivity contribution in [2.45, 2.75) is 18.9 Å². The third-order valence-electron chi connectivity index (χ3n) is 3.07. The number of likely N-dealkylation sites (N-methyl/N-ethyl adjacent to an activating group) is 1. The van der Waals surface area contributed by atoms with E-state index in [9.17, 15) is 0 Å². The second kappa shape index (κ2) is 5.27. The molecule has 0 aliphatic carbocycles. The van der Waals surface area contributed by atoms with E-state index in [0.29, 0.717) is 6.04 Å². The van der Waals surface area contributed by atoms with Crippen LogP contribution in [0.4, 0.5) is 5.82 Å². The van der Waals surface area contributed by atoms with Gasteiger partial charge in [0, 0.05) is 25.3 Å². The molecule has 5 heteroatoms. The van der Waals surface area contributed by atoms with Crippen molar-refractivity contribution in [2.24, 2.45) is 0 Å². The lowest BCUT2D eigenvalue weighted by Gasteiger charge is -2.37. The van der Waals surface area contributed by atoms with Crippen LogP contribution in [0.2, 0.25) is 0 Å². The van der Waals surface area contributed by atoms with Crippen LogP contribution in [-0.2, 0) is 0 Å². The maximum absolute atomic E-state index is 4.38. The molecule has 16 heavy (non-hydrogen) atoms. The third-order valence-corrected chi connectivity index (χ3v) is 3.84. The van der Waals surface area contributed by atoms with Gasteiger partial charge in [0.15, 0.2) is 0 Å². The second-order valence-electron chi connectivity index (χ2n) is 4.40. The van der Waals surface area contributed by atoms with Crippen molar-refractivity contribution in [3.8, 4) is 0 Å². The number of anilines is 1. The number of piperidine rings is 1. The highest BCUT2D eigenvalue weighted by Gasteiger charge is 2.23. The summed E-state index contributed by atoms with van der Waals surface area (Å²) in [6.45, 7) is 2.18. The van der Waals surface area contributed by atoms with Gasteiger partial charge in [-0.2, -0.15) is 0 Å². The van der Waals surface area contributed by atoms with E-state index in [1.165, 1.54) is 12.8 Å². The van der Waals surface area contributed by atoms with E-state index in [4.69, 9.17) is 0 Å². The third kappa shape index (κ3) is 2.63. The smallest absolute Gasteiger partial charge is 0.145 e. The largest absolute Gasteiger partial charge is 0.354 e. The predicted octanol–water partition coefficient (Wildman–Crippen LogP) is 1.61. The van der Waals surface area contributed by atoms with Crippen LogP contribution < -0.4 is 4.90 Å². The minimum absolute atomic E-state index is 0.638. The zero-order valence-electron chi connectivity index (χ0n) is 9.73. The molecule has 1 atom stereocenters. The number of nitrogens with zero attached hydrogens (tertiary/aromatic N) is 4. The van der Waals surface area contributed by atoms with Crippen LogP contribution in [0.3, 0.4) is 0 Å². The van der Waals surface area contributed by atoms with Gasteiger partial charge in [0.05, 0.1) is 3.57 Å². The zero-order chi connectivity index (χ0) is 11.5. The summed E-state index contributed by atoms with van der Waals surface area (Å²) in [6, 6.07) is 0.638. The van der Waals surface area contributed by atoms with Crippen LogP contribution in [0.5, 0.6) is 0 Å². The van der Waals surface area contributed by atoms with Gasteiger partial charge in [-0.25, -0.2) is 9.97 Å². The van der Waals surface area contributed by atoms with Crippen LogP contribution in [0.1, 0.15) is 12.8 Å². The number of hydrogen-bond acceptors (Lipinski definition) is 4. The lowest BCUT2D eigenvalue weighted by Crippen LogP contribution is -2.45. The summed E-state index contributed by atoms with van der Waals surface area (Å²) in [4.78, 5) is 13.1. The molecule has 1 fully saturated rings. The lowest BCUT2D eigenvalue weighted by molar-refractivity contribution is 0.257. The van der Waals surface area contributed by atoms with E-state index < -0.39 is 0 Å². The molecule has 1 aromatic rings. The molecule has 1 saturated heterocycles. The van der Waals surface area contributed by atoms with Crippen LogP contribution in [0, 0.1) is 3.57 Å². The summed E-state index contributed by atoms with van der Waals surface area (Å²) in [7, 11) is 4.30. The fraction of sp³-hybridized carbons (Fsp3) is 0.636. The van der Waals surface area contributed by atoms with Gasteiger partial charge in [-0.05, 0) is 49.5 Å². The average molecular weight is 332 g/mol. The minimum Gasteiger partial charge on any atom is -0.354 e. The molecule has 0 N–H and O–H groups in total. The number of halogens is 1. The summed E-state index contributed by atoms with van der Waals surface area (Å²) in [5.41, 5.74) is 0. The highest BCUT2D eigenvalue weighted by molar-refractivity contribution is 14.1. The summed E-state index contributed by atoms with van der Waals surface area (Å²) in [5, 5.41) is 0. The molecule has 0 radical (unpaired) electrons. The van der Waals surface area contributed by atoms with Crippen molar-refractivity contribution in [3.05, 3.63) is 16.1 Å². The Morgan fingerprint density at radius 3 is 3.00 bits per heavy atom. The van der Waals surface area contributed by atoms with Gasteiger partial charge in [-0.3, -0.25) is 0 Å². The van der Waals surface area contributed by atoms with Crippen molar-refractivity contribution in [2.75, 3.05) is 32.1 Å². The Kier molecular flexibility index (Phi) is 3.96. The van der Waals surface area contributed by atoms with Crippen LogP contribution in [-0.4, -0.2) is 48.1 Å². The van der Waals surface area contributed by atoms with Crippen molar-refractivity contribution in [1.29, 1.82) is 0 Å². The molecular formula is C11H17IN4. The van der Waals surface area contributed by atoms with E-state index >= 15 is 0 Å². The Hall–Kier alpha value is -0.430. The van der Waals surface area contributed by atoms with Gasteiger partial charge in [-0.1, -0.05) is 0 Å². The zero-order valence-corrected chi connectivity index (χ0v) is 11.9. The highest BCUT2D eigenvalue weighted by Crippen LogP contribution is 2.23. The van der Waals surface area contributed by atoms with Crippen molar-refractivity contribution >= 4 is 28.4 Å². The molecule has 1 aromatic heterocycles. The molecular weight excluding hydrogens is 315 g/mol. The summed E-state index contributed by atoms with van der Waals surface area (Å²) in [5.74, 6) is 1.09. The SMILES string of the molecule is CN(C)C1CCCN(c2ncncc2I)C1. The fourth-order valence-electron chi connectivity index (χ4n) is 2.11. The summed E-state index contributed by atoms with van der Waals surface area (Å²) < 4.78 is 1.14. The Labute approximate surface area is 110 Å².